The third-order valence-corrected chi connectivity index (χ3v) is 7.63. The molecule has 0 bridgehead atoms. The second kappa shape index (κ2) is 11.8. The van der Waals surface area contributed by atoms with Gasteiger partial charge in [-0.25, -0.2) is 17.6 Å². The number of carbonyl (C=O) groups is 2. The molecule has 0 fully saturated rings. The molecule has 1 atom stereocenters. The summed E-state index contributed by atoms with van der Waals surface area (Å²) in [5.41, 5.74) is -2.95. The smallest absolute Gasteiger partial charge is 0.427 e. The molecule has 1 aliphatic heterocycles. The van der Waals surface area contributed by atoms with Gasteiger partial charge in [-0.15, -0.1) is 0 Å². The van der Waals surface area contributed by atoms with E-state index in [0.717, 1.165) is 22.5 Å². The lowest BCUT2D eigenvalue weighted by Crippen LogP contribution is -2.44. The average Bonchev–Trinajstić information content (AvgIpc) is 2.86. The lowest BCUT2D eigenvalue weighted by atomic mass is 10.1. The van der Waals surface area contributed by atoms with Crippen LogP contribution in [0, 0.1) is 5.82 Å². The van der Waals surface area contributed by atoms with E-state index in [9.17, 15) is 35.6 Å². The number of nitrogens with zero attached hydrogens (tertiary/aromatic N) is 1. The standard InChI is InChI=1S/C25H28F4N2O8S/c1-5-37-22(32)11-7-16-14-31(40(34,35)17-8-9-18(26)21(13-17)36-4)19-12-15(6-10-20(19)38-16)30-23(33)39-24(2,3)25(27,28)29/h6,8-10,12-13,16H,5,7,11,14H2,1-4H3,(H,30,33)/t16-/m0/s1. The predicted octanol–water partition coefficient (Wildman–Crippen LogP) is 5.02. The van der Waals surface area contributed by atoms with E-state index in [2.05, 4.69) is 10.1 Å². The third kappa shape index (κ3) is 6.87. The molecule has 10 nitrogen and oxygen atoms in total. The summed E-state index contributed by atoms with van der Waals surface area (Å²) < 4.78 is 102. The van der Waals surface area contributed by atoms with E-state index in [1.807, 2.05) is 0 Å². The molecule has 3 rings (SSSR count). The van der Waals surface area contributed by atoms with Crippen LogP contribution in [0.3, 0.4) is 0 Å². The monoisotopic (exact) mass is 592 g/mol. The first-order valence-corrected chi connectivity index (χ1v) is 13.4. The zero-order valence-corrected chi connectivity index (χ0v) is 22.8. The summed E-state index contributed by atoms with van der Waals surface area (Å²) in [5, 5.41) is 2.15. The maximum Gasteiger partial charge on any atom is 0.427 e. The molecule has 0 aliphatic carbocycles. The average molecular weight is 593 g/mol. The molecule has 0 unspecified atom stereocenters. The zero-order chi connectivity index (χ0) is 29.9. The Morgan fingerprint density at radius 3 is 2.48 bits per heavy atom. The fourth-order valence-corrected chi connectivity index (χ4v) is 5.16. The van der Waals surface area contributed by atoms with Crippen molar-refractivity contribution in [3.63, 3.8) is 0 Å². The van der Waals surface area contributed by atoms with E-state index < -0.39 is 45.8 Å². The van der Waals surface area contributed by atoms with Crippen LogP contribution in [0.1, 0.15) is 33.6 Å². The van der Waals surface area contributed by atoms with Gasteiger partial charge in [-0.2, -0.15) is 13.2 Å². The van der Waals surface area contributed by atoms with Gasteiger partial charge in [0.2, 0.25) is 5.60 Å². The number of hydrogen-bond acceptors (Lipinski definition) is 8. The Morgan fingerprint density at radius 2 is 1.85 bits per heavy atom. The van der Waals surface area contributed by atoms with Crippen molar-refractivity contribution in [2.45, 2.75) is 56.4 Å². The number of alkyl halides is 3. The molecular weight excluding hydrogens is 564 g/mol. The van der Waals surface area contributed by atoms with Gasteiger partial charge >= 0.3 is 18.2 Å². The molecule has 0 saturated heterocycles. The summed E-state index contributed by atoms with van der Waals surface area (Å²) in [5.74, 6) is -1.57. The first-order chi connectivity index (χ1) is 18.6. The Morgan fingerprint density at radius 1 is 1.15 bits per heavy atom. The fraction of sp³-hybridized carbons (Fsp3) is 0.440. The molecule has 1 amide bonds. The van der Waals surface area contributed by atoms with E-state index in [-0.39, 0.29) is 53.8 Å². The van der Waals surface area contributed by atoms with Crippen molar-refractivity contribution in [3.8, 4) is 11.5 Å². The highest BCUT2D eigenvalue weighted by Crippen LogP contribution is 2.40. The van der Waals surface area contributed by atoms with Crippen LogP contribution in [0.2, 0.25) is 0 Å². The predicted molar refractivity (Wildman–Crippen MR) is 134 cm³/mol. The summed E-state index contributed by atoms with van der Waals surface area (Å²) >= 11 is 0. The lowest BCUT2D eigenvalue weighted by molar-refractivity contribution is -0.242. The lowest BCUT2D eigenvalue weighted by Gasteiger charge is -2.36. The Hall–Kier alpha value is -3.75. The second-order valence-electron chi connectivity index (χ2n) is 9.12. The first kappa shape index (κ1) is 30.8. The number of halogens is 4. The maximum absolute atomic E-state index is 14.0. The van der Waals surface area contributed by atoms with Gasteiger partial charge < -0.3 is 18.9 Å². The van der Waals surface area contributed by atoms with E-state index >= 15 is 0 Å². The summed E-state index contributed by atoms with van der Waals surface area (Å²) in [6.07, 6.45) is -7.04. The van der Waals surface area contributed by atoms with Crippen molar-refractivity contribution in [1.29, 1.82) is 0 Å². The number of benzene rings is 2. The van der Waals surface area contributed by atoms with Crippen LogP contribution in [-0.4, -0.2) is 58.6 Å². The molecular formula is C25H28F4N2O8S. The van der Waals surface area contributed by atoms with Gasteiger partial charge in [0.05, 0.1) is 30.8 Å². The molecule has 0 saturated carbocycles. The normalized spacial score (nSPS) is 15.5. The highest BCUT2D eigenvalue weighted by molar-refractivity contribution is 7.92. The van der Waals surface area contributed by atoms with E-state index in [1.54, 1.807) is 6.92 Å². The number of nitrogens with one attached hydrogen (secondary N) is 1. The number of ether oxygens (including phenoxy) is 4. The Kier molecular flexibility index (Phi) is 9.07. The van der Waals surface area contributed by atoms with Gasteiger partial charge in [-0.3, -0.25) is 14.4 Å². The van der Waals surface area contributed by atoms with Crippen LogP contribution in [-0.2, 0) is 24.3 Å². The van der Waals surface area contributed by atoms with Crippen molar-refractivity contribution < 1.29 is 54.5 Å². The molecule has 2 aromatic carbocycles. The van der Waals surface area contributed by atoms with Crippen LogP contribution in [0.5, 0.6) is 11.5 Å². The van der Waals surface area contributed by atoms with E-state index in [0.29, 0.717) is 13.8 Å². The van der Waals surface area contributed by atoms with Crippen molar-refractivity contribution >= 4 is 33.5 Å². The number of sulfonamides is 1. The summed E-state index contributed by atoms with van der Waals surface area (Å²) in [6.45, 7) is 2.87. The van der Waals surface area contributed by atoms with Gasteiger partial charge in [0.15, 0.2) is 11.6 Å². The SMILES string of the molecule is CCOC(=O)CC[C@H]1CN(S(=O)(=O)c2ccc(F)c(OC)c2)c2cc(NC(=O)OC(C)(C)C(F)(F)F)ccc2O1. The molecule has 220 valence electrons. The number of carbonyl (C=O) groups excluding carboxylic acids is 2. The highest BCUT2D eigenvalue weighted by Gasteiger charge is 2.51. The number of anilines is 2. The molecule has 2 aromatic rings. The van der Waals surface area contributed by atoms with Crippen LogP contribution in [0.25, 0.3) is 0 Å². The topological polar surface area (TPSA) is 120 Å². The molecule has 40 heavy (non-hydrogen) atoms. The first-order valence-electron chi connectivity index (χ1n) is 12.0. The molecule has 0 radical (unpaired) electrons. The minimum atomic E-state index is -4.84. The minimum absolute atomic E-state index is 0.0484. The molecule has 15 heteroatoms. The van der Waals surface area contributed by atoms with Crippen molar-refractivity contribution in [2.75, 3.05) is 29.9 Å². The van der Waals surface area contributed by atoms with Crippen LogP contribution in [0.4, 0.5) is 33.7 Å². The molecule has 0 aromatic heterocycles. The Labute approximate surface area is 228 Å². The fourth-order valence-electron chi connectivity index (χ4n) is 3.64. The van der Waals surface area contributed by atoms with Crippen molar-refractivity contribution in [1.82, 2.24) is 0 Å². The second-order valence-corrected chi connectivity index (χ2v) is 11.0. The highest BCUT2D eigenvalue weighted by atomic mass is 32.2. The van der Waals surface area contributed by atoms with Gasteiger partial charge in [-0.1, -0.05) is 0 Å². The Balaban J connectivity index is 1.97. The van der Waals surface area contributed by atoms with Gasteiger partial charge in [0, 0.05) is 18.2 Å². The van der Waals surface area contributed by atoms with E-state index in [4.69, 9.17) is 14.2 Å². The number of fused-ring (bicyclic) bond motifs is 1. The minimum Gasteiger partial charge on any atom is -0.494 e. The Bertz CT molecular complexity index is 1370. The summed E-state index contributed by atoms with van der Waals surface area (Å²) in [7, 11) is -3.23. The van der Waals surface area contributed by atoms with E-state index in [1.165, 1.54) is 25.3 Å². The maximum atomic E-state index is 14.0. The quantitative estimate of drug-likeness (QED) is 0.318. The number of rotatable bonds is 9. The molecule has 1 heterocycles. The number of methoxy groups -OCH3 is 1. The largest absolute Gasteiger partial charge is 0.494 e. The number of hydrogen-bond donors (Lipinski definition) is 1. The third-order valence-electron chi connectivity index (χ3n) is 5.85. The van der Waals surface area contributed by atoms with Gasteiger partial charge in [-0.05, 0) is 57.5 Å². The van der Waals surface area contributed by atoms with Gasteiger partial charge in [0.25, 0.3) is 10.0 Å². The van der Waals surface area contributed by atoms with Crippen molar-refractivity contribution in [2.24, 2.45) is 0 Å². The number of amides is 1. The van der Waals surface area contributed by atoms with Crippen molar-refractivity contribution in [3.05, 3.63) is 42.2 Å². The van der Waals surface area contributed by atoms with Crippen LogP contribution < -0.4 is 19.1 Å². The molecule has 0 spiro atoms. The summed E-state index contributed by atoms with van der Waals surface area (Å²) in [6, 6.07) is 6.71. The molecule has 1 N–H and O–H groups in total. The summed E-state index contributed by atoms with van der Waals surface area (Å²) in [4.78, 5) is 23.7. The van der Waals surface area contributed by atoms with Crippen LogP contribution in [0.15, 0.2) is 41.3 Å². The zero-order valence-electron chi connectivity index (χ0n) is 22.0. The van der Waals surface area contributed by atoms with Gasteiger partial charge in [0.1, 0.15) is 11.9 Å². The molecule has 1 aliphatic rings. The number of esters is 1. The van der Waals surface area contributed by atoms with Crippen LogP contribution >= 0.6 is 0 Å².